The summed E-state index contributed by atoms with van der Waals surface area (Å²) in [6.45, 7) is 5.29. The number of amides is 1. The number of hydrogen-bond donors (Lipinski definition) is 1. The van der Waals surface area contributed by atoms with Crippen LogP contribution in [0.4, 0.5) is 8.78 Å². The smallest absolute Gasteiger partial charge is 0.274 e. The van der Waals surface area contributed by atoms with Crippen LogP contribution >= 0.6 is 23.4 Å². The summed E-state index contributed by atoms with van der Waals surface area (Å²) in [6, 6.07) is 10.8. The van der Waals surface area contributed by atoms with Gasteiger partial charge in [-0.15, -0.1) is 5.10 Å². The van der Waals surface area contributed by atoms with Crippen LogP contribution in [0.1, 0.15) is 38.7 Å². The van der Waals surface area contributed by atoms with Gasteiger partial charge < -0.3 is 5.32 Å². The Balaban J connectivity index is 1.65. The van der Waals surface area contributed by atoms with Crippen LogP contribution in [0, 0.1) is 32.4 Å². The summed E-state index contributed by atoms with van der Waals surface area (Å²) in [4.78, 5) is 21.9. The maximum Gasteiger partial charge on any atom is 0.274 e. The first-order valence-electron chi connectivity index (χ1n) is 10.6. The van der Waals surface area contributed by atoms with E-state index in [-0.39, 0.29) is 23.6 Å². The first-order chi connectivity index (χ1) is 16.7. The van der Waals surface area contributed by atoms with Crippen molar-refractivity contribution in [1.29, 1.82) is 0 Å². The summed E-state index contributed by atoms with van der Waals surface area (Å²) in [5.74, 6) is -1.84. The van der Waals surface area contributed by atoms with Crippen molar-refractivity contribution in [2.75, 3.05) is 0 Å². The highest BCUT2D eigenvalue weighted by atomic mass is 35.5. The van der Waals surface area contributed by atoms with Gasteiger partial charge in [-0.3, -0.25) is 4.79 Å². The lowest BCUT2D eigenvalue weighted by atomic mass is 10.2. The van der Waals surface area contributed by atoms with Crippen molar-refractivity contribution >= 4 is 29.3 Å². The summed E-state index contributed by atoms with van der Waals surface area (Å²) in [7, 11) is 0. The summed E-state index contributed by atoms with van der Waals surface area (Å²) in [5.41, 5.74) is 3.39. The minimum absolute atomic E-state index is 0.0234. The molecule has 2 aromatic carbocycles. The van der Waals surface area contributed by atoms with Gasteiger partial charge in [-0.2, -0.15) is 0 Å². The van der Waals surface area contributed by atoms with Crippen LogP contribution in [0.25, 0.3) is 5.69 Å². The molecule has 0 atom stereocenters. The molecule has 0 saturated heterocycles. The molecule has 4 aromatic rings. The van der Waals surface area contributed by atoms with Gasteiger partial charge >= 0.3 is 0 Å². The number of carbonyl (C=O) groups is 1. The van der Waals surface area contributed by atoms with E-state index >= 15 is 0 Å². The van der Waals surface area contributed by atoms with Gasteiger partial charge in [0.15, 0.2) is 10.9 Å². The Hall–Kier alpha value is -3.37. The fourth-order valence-corrected chi connectivity index (χ4v) is 4.49. The number of carbonyl (C=O) groups excluding carboxylic acids is 1. The van der Waals surface area contributed by atoms with Gasteiger partial charge in [-0.25, -0.2) is 23.4 Å². The van der Waals surface area contributed by atoms with E-state index < -0.39 is 17.5 Å². The first-order valence-corrected chi connectivity index (χ1v) is 12.0. The lowest BCUT2D eigenvalue weighted by Crippen LogP contribution is -2.25. The van der Waals surface area contributed by atoms with E-state index in [4.69, 9.17) is 11.6 Å². The third-order valence-corrected chi connectivity index (χ3v) is 6.43. The summed E-state index contributed by atoms with van der Waals surface area (Å²) >= 11 is 7.62. The maximum atomic E-state index is 14.0. The maximum absolute atomic E-state index is 14.0. The van der Waals surface area contributed by atoms with Crippen molar-refractivity contribution in [3.8, 4) is 5.69 Å². The second-order valence-electron chi connectivity index (χ2n) is 7.83. The largest absolute Gasteiger partial charge is 0.346 e. The monoisotopic (exact) mass is 514 g/mol. The predicted octanol–water partition coefficient (Wildman–Crippen LogP) is 5.14. The van der Waals surface area contributed by atoms with E-state index in [1.165, 1.54) is 22.5 Å². The number of thioether (sulfide) groups is 1. The van der Waals surface area contributed by atoms with Gasteiger partial charge in [0, 0.05) is 34.3 Å². The zero-order valence-electron chi connectivity index (χ0n) is 19.1. The molecule has 0 spiro atoms. The van der Waals surface area contributed by atoms with Crippen LogP contribution in [0.5, 0.6) is 0 Å². The molecule has 2 heterocycles. The van der Waals surface area contributed by atoms with Gasteiger partial charge in [0.25, 0.3) is 5.91 Å². The molecule has 0 unspecified atom stereocenters. The van der Waals surface area contributed by atoms with Crippen molar-refractivity contribution < 1.29 is 13.6 Å². The number of nitrogens with one attached hydrogen (secondary N) is 1. The van der Waals surface area contributed by atoms with Gasteiger partial charge in [0.1, 0.15) is 11.6 Å². The van der Waals surface area contributed by atoms with E-state index in [1.807, 2.05) is 39.0 Å². The molecule has 0 aliphatic carbocycles. The van der Waals surface area contributed by atoms with Gasteiger partial charge in [0.2, 0.25) is 0 Å². The molecule has 1 N–H and O–H groups in total. The molecule has 0 aliphatic rings. The second-order valence-corrected chi connectivity index (χ2v) is 9.18. The fraction of sp³-hybridized carbons (Fsp3) is 0.208. The Bertz CT molecular complexity index is 1370. The molecule has 4 rings (SSSR count). The van der Waals surface area contributed by atoms with E-state index in [9.17, 15) is 13.6 Å². The first kappa shape index (κ1) is 24.7. The fourth-order valence-electron chi connectivity index (χ4n) is 3.37. The number of aromatic nitrogens is 5. The van der Waals surface area contributed by atoms with E-state index in [1.54, 1.807) is 6.07 Å². The number of rotatable bonds is 7. The average Bonchev–Trinajstić information content (AvgIpc) is 3.22. The Morgan fingerprint density at radius 3 is 2.40 bits per heavy atom. The highest BCUT2D eigenvalue weighted by Crippen LogP contribution is 2.26. The predicted molar refractivity (Wildman–Crippen MR) is 130 cm³/mol. The molecule has 11 heteroatoms. The van der Waals surface area contributed by atoms with Crippen molar-refractivity contribution in [3.63, 3.8) is 0 Å². The molecular formula is C24H21ClF2N6OS. The van der Waals surface area contributed by atoms with E-state index in [0.717, 1.165) is 29.1 Å². The molecule has 0 saturated carbocycles. The average molecular weight is 515 g/mol. The van der Waals surface area contributed by atoms with Crippen LogP contribution in [0.2, 0.25) is 5.02 Å². The Kier molecular flexibility index (Phi) is 7.42. The Morgan fingerprint density at radius 1 is 1.06 bits per heavy atom. The molecule has 35 heavy (non-hydrogen) atoms. The van der Waals surface area contributed by atoms with Gasteiger partial charge in [0.05, 0.1) is 11.4 Å². The molecule has 2 aromatic heterocycles. The van der Waals surface area contributed by atoms with E-state index in [2.05, 4.69) is 25.6 Å². The van der Waals surface area contributed by atoms with Crippen LogP contribution in [0.15, 0.2) is 47.6 Å². The van der Waals surface area contributed by atoms with Crippen molar-refractivity contribution in [3.05, 3.63) is 93.0 Å². The van der Waals surface area contributed by atoms with Crippen molar-refractivity contribution in [2.24, 2.45) is 0 Å². The molecule has 0 radical (unpaired) electrons. The van der Waals surface area contributed by atoms with Crippen molar-refractivity contribution in [1.82, 2.24) is 30.3 Å². The summed E-state index contributed by atoms with van der Waals surface area (Å²) in [6.07, 6.45) is 0. The molecule has 0 aliphatic heterocycles. The topological polar surface area (TPSA) is 85.6 Å². The van der Waals surface area contributed by atoms with Crippen LogP contribution in [0.3, 0.4) is 0 Å². The number of benzene rings is 2. The molecule has 0 bridgehead atoms. The summed E-state index contributed by atoms with van der Waals surface area (Å²) < 4.78 is 29.5. The third kappa shape index (κ3) is 5.66. The van der Waals surface area contributed by atoms with Crippen molar-refractivity contribution in [2.45, 2.75) is 38.2 Å². The quantitative estimate of drug-likeness (QED) is 0.271. The zero-order valence-corrected chi connectivity index (χ0v) is 20.7. The molecule has 0 fully saturated rings. The SMILES string of the molecule is Cc1cc(C)nc(SCc2c(C(=O)NCc3c(F)cccc3F)nnn2-c2ccc(C)c(Cl)c2)n1. The van der Waals surface area contributed by atoms with Crippen LogP contribution in [-0.4, -0.2) is 30.9 Å². The summed E-state index contributed by atoms with van der Waals surface area (Å²) in [5, 5.41) is 11.8. The molecule has 7 nitrogen and oxygen atoms in total. The number of nitrogens with zero attached hydrogens (tertiary/aromatic N) is 5. The molecular weight excluding hydrogens is 494 g/mol. The van der Waals surface area contributed by atoms with E-state index in [0.29, 0.717) is 21.6 Å². The third-order valence-electron chi connectivity index (χ3n) is 5.17. The minimum Gasteiger partial charge on any atom is -0.346 e. The normalized spacial score (nSPS) is 11.0. The second kappa shape index (κ2) is 10.5. The highest BCUT2D eigenvalue weighted by Gasteiger charge is 2.22. The van der Waals surface area contributed by atoms with Gasteiger partial charge in [-0.05, 0) is 56.7 Å². The van der Waals surface area contributed by atoms with Crippen LogP contribution < -0.4 is 5.32 Å². The Morgan fingerprint density at radius 2 is 1.74 bits per heavy atom. The number of halogens is 3. The lowest BCUT2D eigenvalue weighted by Gasteiger charge is -2.10. The Labute approximate surface area is 209 Å². The van der Waals surface area contributed by atoms with Crippen LogP contribution in [-0.2, 0) is 12.3 Å². The minimum atomic E-state index is -0.744. The lowest BCUT2D eigenvalue weighted by molar-refractivity contribution is 0.0944. The molecule has 180 valence electrons. The van der Waals surface area contributed by atoms with Gasteiger partial charge in [-0.1, -0.05) is 40.7 Å². The number of aryl methyl sites for hydroxylation is 3. The highest BCUT2D eigenvalue weighted by molar-refractivity contribution is 7.98. The number of hydrogen-bond acceptors (Lipinski definition) is 6. The molecule has 1 amide bonds. The zero-order chi connectivity index (χ0) is 25.1. The standard InChI is InChI=1S/C24H21ClF2N6OS/c1-13-7-8-16(10-18(13)25)33-21(12-35-24-29-14(2)9-15(3)30-24)22(31-32-33)23(34)28-11-17-19(26)5-4-6-20(17)27/h4-10H,11-12H2,1-3H3,(H,28,34).